The van der Waals surface area contributed by atoms with Crippen molar-refractivity contribution < 1.29 is 19.1 Å². The standard InChI is InChI=1S/C20H28O4/c1-15(2)9-8-14-23-19(21)17-12-6-7-13-18(17)20(22)24-16-10-4-3-5-11-16/h6-7,12-13,15-16H,3-5,8-11,14H2,1-2H3. The molecular weight excluding hydrogens is 304 g/mol. The van der Waals surface area contributed by atoms with E-state index >= 15 is 0 Å². The fraction of sp³-hybridized carbons (Fsp3) is 0.600. The normalized spacial score (nSPS) is 15.3. The first-order chi connectivity index (χ1) is 11.6. The van der Waals surface area contributed by atoms with Crippen molar-refractivity contribution in [2.75, 3.05) is 6.61 Å². The number of esters is 2. The van der Waals surface area contributed by atoms with Crippen molar-refractivity contribution >= 4 is 11.9 Å². The Morgan fingerprint density at radius 2 is 1.67 bits per heavy atom. The highest BCUT2D eigenvalue weighted by Gasteiger charge is 2.23. The molecule has 1 aromatic carbocycles. The average Bonchev–Trinajstić information content (AvgIpc) is 2.59. The van der Waals surface area contributed by atoms with Crippen LogP contribution in [0, 0.1) is 5.92 Å². The maximum absolute atomic E-state index is 12.4. The van der Waals surface area contributed by atoms with Gasteiger partial charge in [0.25, 0.3) is 0 Å². The largest absolute Gasteiger partial charge is 0.462 e. The van der Waals surface area contributed by atoms with Gasteiger partial charge in [0.1, 0.15) is 6.10 Å². The Morgan fingerprint density at radius 3 is 2.29 bits per heavy atom. The van der Waals surface area contributed by atoms with E-state index in [-0.39, 0.29) is 6.10 Å². The van der Waals surface area contributed by atoms with Crippen LogP contribution in [-0.4, -0.2) is 24.6 Å². The summed E-state index contributed by atoms with van der Waals surface area (Å²) in [6.07, 6.45) is 7.03. The van der Waals surface area contributed by atoms with Gasteiger partial charge < -0.3 is 9.47 Å². The Bertz CT molecular complexity index is 544. The van der Waals surface area contributed by atoms with Gasteiger partial charge in [-0.25, -0.2) is 9.59 Å². The maximum atomic E-state index is 12.4. The molecule has 4 heteroatoms. The van der Waals surface area contributed by atoms with Crippen LogP contribution >= 0.6 is 0 Å². The summed E-state index contributed by atoms with van der Waals surface area (Å²) in [6.45, 7) is 4.65. The van der Waals surface area contributed by atoms with Crippen LogP contribution in [0.5, 0.6) is 0 Å². The van der Waals surface area contributed by atoms with Gasteiger partial charge in [0, 0.05) is 0 Å². The zero-order valence-electron chi connectivity index (χ0n) is 14.8. The Labute approximate surface area is 144 Å². The molecule has 0 heterocycles. The van der Waals surface area contributed by atoms with Crippen LogP contribution in [0.2, 0.25) is 0 Å². The second kappa shape index (κ2) is 9.45. The van der Waals surface area contributed by atoms with Crippen LogP contribution in [0.15, 0.2) is 24.3 Å². The van der Waals surface area contributed by atoms with E-state index in [0.29, 0.717) is 23.7 Å². The highest BCUT2D eigenvalue weighted by molar-refractivity contribution is 6.03. The summed E-state index contributed by atoms with van der Waals surface area (Å²) < 4.78 is 10.9. The van der Waals surface area contributed by atoms with Crippen LogP contribution in [-0.2, 0) is 9.47 Å². The Balaban J connectivity index is 1.95. The summed E-state index contributed by atoms with van der Waals surface area (Å²) in [7, 11) is 0. The van der Waals surface area contributed by atoms with Crippen molar-refractivity contribution in [3.05, 3.63) is 35.4 Å². The molecule has 0 N–H and O–H groups in total. The van der Waals surface area contributed by atoms with Gasteiger partial charge in [-0.2, -0.15) is 0 Å². The van der Waals surface area contributed by atoms with Crippen molar-refractivity contribution in [1.82, 2.24) is 0 Å². The summed E-state index contributed by atoms with van der Waals surface area (Å²) in [5.74, 6) is -0.284. The highest BCUT2D eigenvalue weighted by Crippen LogP contribution is 2.22. The number of benzene rings is 1. The number of carbonyl (C=O) groups excluding carboxylic acids is 2. The molecule has 0 spiro atoms. The lowest BCUT2D eigenvalue weighted by Crippen LogP contribution is -2.22. The van der Waals surface area contributed by atoms with Gasteiger partial charge in [0.15, 0.2) is 0 Å². The van der Waals surface area contributed by atoms with Crippen molar-refractivity contribution in [3.63, 3.8) is 0 Å². The van der Waals surface area contributed by atoms with E-state index in [2.05, 4.69) is 13.8 Å². The van der Waals surface area contributed by atoms with E-state index in [0.717, 1.165) is 38.5 Å². The Hall–Kier alpha value is -1.84. The third-order valence-electron chi connectivity index (χ3n) is 4.35. The molecule has 0 aromatic heterocycles. The summed E-state index contributed by atoms with van der Waals surface area (Å²) in [5.41, 5.74) is 0.597. The molecule has 0 aliphatic heterocycles. The second-order valence-electron chi connectivity index (χ2n) is 6.88. The molecule has 0 atom stereocenters. The fourth-order valence-corrected chi connectivity index (χ4v) is 2.97. The summed E-state index contributed by atoms with van der Waals surface area (Å²) in [6, 6.07) is 6.74. The average molecular weight is 332 g/mol. The van der Waals surface area contributed by atoms with Crippen molar-refractivity contribution in [3.8, 4) is 0 Å². The first-order valence-electron chi connectivity index (χ1n) is 9.05. The molecule has 0 unspecified atom stereocenters. The van der Waals surface area contributed by atoms with Gasteiger partial charge >= 0.3 is 11.9 Å². The van der Waals surface area contributed by atoms with E-state index in [4.69, 9.17) is 9.47 Å². The molecular formula is C20H28O4. The second-order valence-corrected chi connectivity index (χ2v) is 6.88. The van der Waals surface area contributed by atoms with Crippen LogP contribution in [0.1, 0.15) is 79.5 Å². The quantitative estimate of drug-likeness (QED) is 0.533. The summed E-state index contributed by atoms with van der Waals surface area (Å²) in [4.78, 5) is 24.7. The predicted octanol–water partition coefficient (Wildman–Crippen LogP) is 4.77. The predicted molar refractivity (Wildman–Crippen MR) is 93.1 cm³/mol. The molecule has 132 valence electrons. The van der Waals surface area contributed by atoms with Gasteiger partial charge in [0.05, 0.1) is 17.7 Å². The van der Waals surface area contributed by atoms with Crippen LogP contribution in [0.4, 0.5) is 0 Å². The number of hydrogen-bond acceptors (Lipinski definition) is 4. The lowest BCUT2D eigenvalue weighted by molar-refractivity contribution is 0.0203. The molecule has 1 saturated carbocycles. The van der Waals surface area contributed by atoms with Crippen LogP contribution < -0.4 is 0 Å². The van der Waals surface area contributed by atoms with Gasteiger partial charge in [-0.15, -0.1) is 0 Å². The highest BCUT2D eigenvalue weighted by atomic mass is 16.5. The monoisotopic (exact) mass is 332 g/mol. The molecule has 0 radical (unpaired) electrons. The lowest BCUT2D eigenvalue weighted by atomic mass is 9.97. The molecule has 0 bridgehead atoms. The molecule has 2 rings (SSSR count). The number of hydrogen-bond donors (Lipinski definition) is 0. The first-order valence-corrected chi connectivity index (χ1v) is 9.05. The lowest BCUT2D eigenvalue weighted by Gasteiger charge is -2.22. The van der Waals surface area contributed by atoms with Gasteiger partial charge in [0.2, 0.25) is 0 Å². The molecule has 0 saturated heterocycles. The molecule has 1 fully saturated rings. The molecule has 1 aromatic rings. The molecule has 0 amide bonds. The number of rotatable bonds is 7. The SMILES string of the molecule is CC(C)CCCOC(=O)c1ccccc1C(=O)OC1CCCCC1. The van der Waals surface area contributed by atoms with Gasteiger partial charge in [-0.1, -0.05) is 32.4 Å². The topological polar surface area (TPSA) is 52.6 Å². The van der Waals surface area contributed by atoms with E-state index in [1.54, 1.807) is 24.3 Å². The minimum atomic E-state index is -0.449. The maximum Gasteiger partial charge on any atom is 0.339 e. The third-order valence-corrected chi connectivity index (χ3v) is 4.35. The minimum absolute atomic E-state index is 0.0265. The van der Waals surface area contributed by atoms with Gasteiger partial charge in [-0.05, 0) is 56.6 Å². The molecule has 1 aliphatic carbocycles. The van der Waals surface area contributed by atoms with Crippen molar-refractivity contribution in [2.24, 2.45) is 5.92 Å². The third kappa shape index (κ3) is 5.66. The van der Waals surface area contributed by atoms with E-state index in [1.165, 1.54) is 6.42 Å². The Morgan fingerprint density at radius 1 is 1.04 bits per heavy atom. The van der Waals surface area contributed by atoms with E-state index in [1.807, 2.05) is 0 Å². The molecule has 4 nitrogen and oxygen atoms in total. The molecule has 24 heavy (non-hydrogen) atoms. The zero-order valence-corrected chi connectivity index (χ0v) is 14.8. The number of carbonyl (C=O) groups is 2. The van der Waals surface area contributed by atoms with E-state index < -0.39 is 11.9 Å². The number of ether oxygens (including phenoxy) is 2. The first kappa shape index (κ1) is 18.5. The van der Waals surface area contributed by atoms with Crippen LogP contribution in [0.3, 0.4) is 0 Å². The molecule has 1 aliphatic rings. The summed E-state index contributed by atoms with van der Waals surface area (Å²) in [5, 5.41) is 0. The van der Waals surface area contributed by atoms with Gasteiger partial charge in [-0.3, -0.25) is 0 Å². The summed E-state index contributed by atoms with van der Waals surface area (Å²) >= 11 is 0. The smallest absolute Gasteiger partial charge is 0.339 e. The Kier molecular flexibility index (Phi) is 7.29. The zero-order chi connectivity index (χ0) is 17.4. The van der Waals surface area contributed by atoms with Crippen molar-refractivity contribution in [1.29, 1.82) is 0 Å². The van der Waals surface area contributed by atoms with Crippen molar-refractivity contribution in [2.45, 2.75) is 64.9 Å². The minimum Gasteiger partial charge on any atom is -0.462 e. The fourth-order valence-electron chi connectivity index (χ4n) is 2.97. The van der Waals surface area contributed by atoms with Crippen LogP contribution in [0.25, 0.3) is 0 Å². The van der Waals surface area contributed by atoms with E-state index in [9.17, 15) is 9.59 Å².